The molecule has 0 aromatic heterocycles. The minimum atomic E-state index is -0.598. The van der Waals surface area contributed by atoms with Crippen LogP contribution in [-0.2, 0) is 23.8 Å². The van der Waals surface area contributed by atoms with Crippen molar-refractivity contribution < 1.29 is 28.9 Å². The zero-order valence-corrected chi connectivity index (χ0v) is 13.0. The molecule has 0 saturated carbocycles. The molecule has 0 unspecified atom stereocenters. The Kier molecular flexibility index (Phi) is 4.37. The van der Waals surface area contributed by atoms with E-state index in [-0.39, 0.29) is 18.3 Å². The molecule has 4 atom stereocenters. The molecule has 6 heteroatoms. The predicted molar refractivity (Wildman–Crippen MR) is 80.3 cm³/mol. The number of hydrogen-bond donors (Lipinski definition) is 1. The molecular formula is C17H20O6. The number of aliphatic hydroxyl groups is 1. The fourth-order valence-corrected chi connectivity index (χ4v) is 3.31. The highest BCUT2D eigenvalue weighted by molar-refractivity contribution is 5.94. The molecule has 1 N–H and O–H groups in total. The minimum absolute atomic E-state index is 0.134. The van der Waals surface area contributed by atoms with Gasteiger partial charge in [0.25, 0.3) is 0 Å². The van der Waals surface area contributed by atoms with Gasteiger partial charge < -0.3 is 19.3 Å². The summed E-state index contributed by atoms with van der Waals surface area (Å²) in [6, 6.07) is 0. The molecule has 0 amide bonds. The smallest absolute Gasteiger partial charge is 0.337 e. The van der Waals surface area contributed by atoms with Gasteiger partial charge in [-0.15, -0.1) is 0 Å². The van der Waals surface area contributed by atoms with Crippen molar-refractivity contribution in [3.63, 3.8) is 0 Å². The summed E-state index contributed by atoms with van der Waals surface area (Å²) in [4.78, 5) is 24.1. The first kappa shape index (κ1) is 16.0. The van der Waals surface area contributed by atoms with Gasteiger partial charge in [0.15, 0.2) is 0 Å². The van der Waals surface area contributed by atoms with E-state index in [1.165, 1.54) is 0 Å². The summed E-state index contributed by atoms with van der Waals surface area (Å²) < 4.78 is 16.4. The highest BCUT2D eigenvalue weighted by Gasteiger charge is 2.47. The number of hydrogen-bond acceptors (Lipinski definition) is 6. The monoisotopic (exact) mass is 320 g/mol. The van der Waals surface area contributed by atoms with Crippen molar-refractivity contribution in [2.45, 2.75) is 38.1 Å². The third kappa shape index (κ3) is 2.84. The summed E-state index contributed by atoms with van der Waals surface area (Å²) in [5, 5.41) is 9.55. The third-order valence-corrected chi connectivity index (χ3v) is 4.48. The number of carbonyl (C=O) groups excluding carboxylic acids is 2. The van der Waals surface area contributed by atoms with E-state index in [2.05, 4.69) is 6.58 Å². The first-order chi connectivity index (χ1) is 11.0. The van der Waals surface area contributed by atoms with Crippen LogP contribution < -0.4 is 0 Å². The Morgan fingerprint density at radius 2 is 1.96 bits per heavy atom. The topological polar surface area (TPSA) is 82.1 Å². The van der Waals surface area contributed by atoms with Crippen LogP contribution >= 0.6 is 0 Å². The van der Waals surface area contributed by atoms with Gasteiger partial charge in [0.1, 0.15) is 12.2 Å². The zero-order valence-electron chi connectivity index (χ0n) is 13.0. The molecule has 3 rings (SSSR count). The lowest BCUT2D eigenvalue weighted by atomic mass is 9.87. The average Bonchev–Trinajstić information content (AvgIpc) is 3.02. The number of esters is 2. The van der Waals surface area contributed by atoms with E-state index < -0.39 is 30.1 Å². The molecule has 0 spiro atoms. The molecule has 0 radical (unpaired) electrons. The van der Waals surface area contributed by atoms with Crippen molar-refractivity contribution in [1.82, 2.24) is 0 Å². The number of carbonyl (C=O) groups is 2. The first-order valence-electron chi connectivity index (χ1n) is 7.79. The number of fused-ring (bicyclic) bond motifs is 3. The molecule has 2 heterocycles. The maximum absolute atomic E-state index is 12.2. The largest absolute Gasteiger partial charge is 0.454 e. The Hall–Kier alpha value is -1.92. The lowest BCUT2D eigenvalue weighted by molar-refractivity contribution is -0.142. The highest BCUT2D eigenvalue weighted by atomic mass is 16.6. The molecule has 1 fully saturated rings. The summed E-state index contributed by atoms with van der Waals surface area (Å²) in [5.41, 5.74) is 1.51. The van der Waals surface area contributed by atoms with E-state index in [4.69, 9.17) is 14.2 Å². The van der Waals surface area contributed by atoms with E-state index in [1.807, 2.05) is 6.92 Å². The molecule has 1 aliphatic carbocycles. The highest BCUT2D eigenvalue weighted by Crippen LogP contribution is 2.38. The molecule has 3 aliphatic rings. The van der Waals surface area contributed by atoms with Crippen molar-refractivity contribution in [3.8, 4) is 0 Å². The summed E-state index contributed by atoms with van der Waals surface area (Å²) in [6.07, 6.45) is 3.02. The molecule has 2 bridgehead atoms. The molecular weight excluding hydrogens is 300 g/mol. The Balaban J connectivity index is 2.00. The van der Waals surface area contributed by atoms with Crippen LogP contribution in [0.1, 0.15) is 19.8 Å². The summed E-state index contributed by atoms with van der Waals surface area (Å²) in [5.74, 6) is -1.38. The van der Waals surface area contributed by atoms with Gasteiger partial charge in [-0.05, 0) is 37.5 Å². The Bertz CT molecular complexity index is 602. The van der Waals surface area contributed by atoms with Crippen LogP contribution in [0.5, 0.6) is 0 Å². The van der Waals surface area contributed by atoms with Gasteiger partial charge in [-0.25, -0.2) is 9.59 Å². The SMILES string of the molecule is C=C1C(=O)O[C@H]2/C=C(/CO)CC[C@H](OCC)C3=C[C@@H](OC3=O)[C@@H]12. The van der Waals surface area contributed by atoms with E-state index >= 15 is 0 Å². The lowest BCUT2D eigenvalue weighted by Crippen LogP contribution is -2.28. The van der Waals surface area contributed by atoms with E-state index in [9.17, 15) is 14.7 Å². The van der Waals surface area contributed by atoms with E-state index in [0.717, 1.165) is 5.57 Å². The molecule has 0 aromatic carbocycles. The van der Waals surface area contributed by atoms with Crippen LogP contribution in [0.15, 0.2) is 35.5 Å². The van der Waals surface area contributed by atoms with Crippen molar-refractivity contribution in [2.24, 2.45) is 5.92 Å². The Morgan fingerprint density at radius 1 is 1.26 bits per heavy atom. The standard InChI is InChI=1S/C17H20O6/c1-3-21-12-5-4-10(8-18)6-13-15(9(2)16(19)22-13)14-7-11(12)17(20)23-14/h6-7,12-15,18H,2-5,8H2,1H3/b10-6+/t12-,13-,14+,15-/m0/s1. The Morgan fingerprint density at radius 3 is 2.65 bits per heavy atom. The summed E-state index contributed by atoms with van der Waals surface area (Å²) in [7, 11) is 0. The fourth-order valence-electron chi connectivity index (χ4n) is 3.31. The van der Waals surface area contributed by atoms with Crippen LogP contribution in [0.2, 0.25) is 0 Å². The van der Waals surface area contributed by atoms with E-state index in [1.54, 1.807) is 12.2 Å². The average molecular weight is 320 g/mol. The molecule has 0 aromatic rings. The van der Waals surface area contributed by atoms with Crippen LogP contribution in [0.25, 0.3) is 0 Å². The van der Waals surface area contributed by atoms with Gasteiger partial charge >= 0.3 is 11.9 Å². The molecule has 23 heavy (non-hydrogen) atoms. The normalized spacial score (nSPS) is 35.8. The number of rotatable bonds is 3. The van der Waals surface area contributed by atoms with Crippen molar-refractivity contribution in [1.29, 1.82) is 0 Å². The number of aliphatic hydroxyl groups excluding tert-OH is 1. The quantitative estimate of drug-likeness (QED) is 0.475. The molecule has 124 valence electrons. The second-order valence-electron chi connectivity index (χ2n) is 5.88. The molecule has 2 aliphatic heterocycles. The van der Waals surface area contributed by atoms with Gasteiger partial charge in [-0.1, -0.05) is 6.58 Å². The third-order valence-electron chi connectivity index (χ3n) is 4.48. The van der Waals surface area contributed by atoms with Crippen LogP contribution in [-0.4, -0.2) is 48.6 Å². The van der Waals surface area contributed by atoms with E-state index in [0.29, 0.717) is 25.0 Å². The van der Waals surface area contributed by atoms with Gasteiger partial charge in [0, 0.05) is 12.2 Å². The van der Waals surface area contributed by atoms with Crippen LogP contribution in [0, 0.1) is 5.92 Å². The van der Waals surface area contributed by atoms with Crippen molar-refractivity contribution >= 4 is 11.9 Å². The lowest BCUT2D eigenvalue weighted by Gasteiger charge is -2.21. The first-order valence-corrected chi connectivity index (χ1v) is 7.79. The second-order valence-corrected chi connectivity index (χ2v) is 5.88. The second kappa shape index (κ2) is 6.29. The van der Waals surface area contributed by atoms with Crippen molar-refractivity contribution in [2.75, 3.05) is 13.2 Å². The molecule has 6 nitrogen and oxygen atoms in total. The van der Waals surface area contributed by atoms with Gasteiger partial charge in [-0.2, -0.15) is 0 Å². The maximum atomic E-state index is 12.2. The van der Waals surface area contributed by atoms with Crippen molar-refractivity contribution in [3.05, 3.63) is 35.5 Å². The van der Waals surface area contributed by atoms with Crippen LogP contribution in [0.3, 0.4) is 0 Å². The maximum Gasteiger partial charge on any atom is 0.337 e. The summed E-state index contributed by atoms with van der Waals surface area (Å²) in [6.45, 7) is 5.97. The minimum Gasteiger partial charge on any atom is -0.454 e. The zero-order chi connectivity index (χ0) is 16.6. The molecule has 1 saturated heterocycles. The predicted octanol–water partition coefficient (Wildman–Crippen LogP) is 1.05. The van der Waals surface area contributed by atoms with Gasteiger partial charge in [0.05, 0.1) is 24.2 Å². The van der Waals surface area contributed by atoms with Gasteiger partial charge in [-0.3, -0.25) is 0 Å². The van der Waals surface area contributed by atoms with Gasteiger partial charge in [0.2, 0.25) is 0 Å². The fraction of sp³-hybridized carbons (Fsp3) is 0.529. The summed E-state index contributed by atoms with van der Waals surface area (Å²) >= 11 is 0. The number of ether oxygens (including phenoxy) is 3. The van der Waals surface area contributed by atoms with Crippen LogP contribution in [0.4, 0.5) is 0 Å². The Labute approximate surface area is 134 Å².